The number of anilines is 1. The van der Waals surface area contributed by atoms with Gasteiger partial charge in [-0.2, -0.15) is 13.2 Å². The molecule has 2 bridgehead atoms. The zero-order chi connectivity index (χ0) is 38.3. The number of carbonyl (C=O) groups is 2. The number of hydrogen-bond acceptors (Lipinski definition) is 7. The molecular formula is C39H49ClF3N3O6S. The van der Waals surface area contributed by atoms with E-state index in [9.17, 15) is 31.2 Å². The summed E-state index contributed by atoms with van der Waals surface area (Å²) in [6.07, 6.45) is 3.43. The maximum Gasteiger partial charge on any atom is 0.393 e. The highest BCUT2D eigenvalue weighted by Gasteiger charge is 2.50. The van der Waals surface area contributed by atoms with E-state index in [1.807, 2.05) is 12.1 Å². The molecule has 1 spiro atoms. The molecule has 1 saturated carbocycles. The number of amides is 2. The van der Waals surface area contributed by atoms with E-state index in [1.54, 1.807) is 44.2 Å². The lowest BCUT2D eigenvalue weighted by molar-refractivity contribution is -0.169. The lowest BCUT2D eigenvalue weighted by Gasteiger charge is -2.50. The molecule has 14 heteroatoms. The molecule has 2 aromatic carbocycles. The first-order chi connectivity index (χ1) is 25.0. The molecule has 2 aliphatic heterocycles. The monoisotopic (exact) mass is 779 g/mol. The molecule has 2 aromatic rings. The van der Waals surface area contributed by atoms with Gasteiger partial charge in [-0.3, -0.25) is 9.59 Å². The summed E-state index contributed by atoms with van der Waals surface area (Å²) in [6.45, 7) is 5.21. The maximum atomic E-state index is 13.6. The molecule has 1 fully saturated rings. The van der Waals surface area contributed by atoms with Crippen molar-refractivity contribution < 1.29 is 40.7 Å². The lowest BCUT2D eigenvalue weighted by atomic mass is 9.62. The second-order valence-corrected chi connectivity index (χ2v) is 18.1. The zero-order valence-electron chi connectivity index (χ0n) is 30.6. The molecule has 1 unspecified atom stereocenters. The van der Waals surface area contributed by atoms with Crippen molar-refractivity contribution in [2.24, 2.45) is 23.7 Å². The topological polar surface area (TPSA) is 114 Å². The summed E-state index contributed by atoms with van der Waals surface area (Å²) in [5, 5.41) is 2.19. The molecule has 6 rings (SSSR count). The van der Waals surface area contributed by atoms with Crippen LogP contribution < -0.4 is 19.7 Å². The molecule has 0 radical (unpaired) electrons. The first-order valence-corrected chi connectivity index (χ1v) is 20.3. The van der Waals surface area contributed by atoms with E-state index >= 15 is 0 Å². The summed E-state index contributed by atoms with van der Waals surface area (Å²) >= 11 is 6.43. The Balaban J connectivity index is 1.41. The smallest absolute Gasteiger partial charge is 0.393 e. The molecule has 53 heavy (non-hydrogen) atoms. The number of rotatable bonds is 5. The number of aryl methyl sites for hydroxylation is 1. The van der Waals surface area contributed by atoms with Crippen molar-refractivity contribution >= 4 is 39.1 Å². The summed E-state index contributed by atoms with van der Waals surface area (Å²) in [5.41, 5.74) is 1.58. The van der Waals surface area contributed by atoms with Crippen molar-refractivity contribution in [3.05, 3.63) is 70.3 Å². The van der Waals surface area contributed by atoms with E-state index in [4.69, 9.17) is 21.1 Å². The van der Waals surface area contributed by atoms with Crippen LogP contribution >= 0.6 is 11.6 Å². The summed E-state index contributed by atoms with van der Waals surface area (Å²) in [7, 11) is -2.59. The fourth-order valence-corrected chi connectivity index (χ4v) is 10.0. The summed E-state index contributed by atoms with van der Waals surface area (Å²) in [6, 6.07) is 11.0. The molecule has 4 aliphatic rings. The highest BCUT2D eigenvalue weighted by Crippen LogP contribution is 2.50. The van der Waals surface area contributed by atoms with Crippen LogP contribution in [0.4, 0.5) is 18.9 Å². The number of halogens is 4. The van der Waals surface area contributed by atoms with Gasteiger partial charge >= 0.3 is 6.18 Å². The Kier molecular flexibility index (Phi) is 11.2. The first kappa shape index (κ1) is 39.4. The van der Waals surface area contributed by atoms with Crippen LogP contribution in [0.25, 0.3) is 0 Å². The van der Waals surface area contributed by atoms with Crippen LogP contribution in [0.2, 0.25) is 5.02 Å². The Bertz CT molecular complexity index is 1860. The first-order valence-electron chi connectivity index (χ1n) is 18.4. The van der Waals surface area contributed by atoms with Crippen LogP contribution in [-0.2, 0) is 31.4 Å². The summed E-state index contributed by atoms with van der Waals surface area (Å²) in [4.78, 5) is 29.2. The van der Waals surface area contributed by atoms with Crippen molar-refractivity contribution in [1.82, 2.24) is 10.0 Å². The minimum Gasteiger partial charge on any atom is -0.490 e. The molecule has 0 saturated heterocycles. The third-order valence-electron chi connectivity index (χ3n) is 12.2. The number of nitrogens with one attached hydrogen (secondary N) is 2. The van der Waals surface area contributed by atoms with Gasteiger partial charge in [0, 0.05) is 42.7 Å². The Morgan fingerprint density at radius 2 is 1.96 bits per heavy atom. The fourth-order valence-electron chi connectivity index (χ4n) is 8.53. The van der Waals surface area contributed by atoms with Crippen molar-refractivity contribution in [1.29, 1.82) is 0 Å². The largest absolute Gasteiger partial charge is 0.490 e. The van der Waals surface area contributed by atoms with Gasteiger partial charge < -0.3 is 19.7 Å². The average Bonchev–Trinajstić information content (AvgIpc) is 3.24. The van der Waals surface area contributed by atoms with Crippen LogP contribution in [0.5, 0.6) is 5.75 Å². The molecular weight excluding hydrogens is 731 g/mol. The number of sulfonamides is 1. The average molecular weight is 780 g/mol. The predicted molar refractivity (Wildman–Crippen MR) is 198 cm³/mol. The number of carbonyl (C=O) groups excluding carboxylic acids is 2. The molecule has 2 amide bonds. The predicted octanol–water partition coefficient (Wildman–Crippen LogP) is 6.97. The second-order valence-electron chi connectivity index (χ2n) is 15.6. The van der Waals surface area contributed by atoms with Gasteiger partial charge in [0.1, 0.15) is 5.75 Å². The van der Waals surface area contributed by atoms with Crippen molar-refractivity contribution in [3.8, 4) is 5.75 Å². The molecule has 0 aromatic heterocycles. The second kappa shape index (κ2) is 15.1. The number of methoxy groups -OCH3 is 1. The number of hydrogen-bond donors (Lipinski definition) is 2. The van der Waals surface area contributed by atoms with Gasteiger partial charge in [-0.15, -0.1) is 0 Å². The van der Waals surface area contributed by atoms with Gasteiger partial charge in [0.05, 0.1) is 35.5 Å². The normalized spacial score (nSPS) is 31.1. The summed E-state index contributed by atoms with van der Waals surface area (Å²) in [5.74, 6) is -3.06. The number of nitrogens with zero attached hydrogens (tertiary/aromatic N) is 1. The van der Waals surface area contributed by atoms with E-state index in [0.29, 0.717) is 49.0 Å². The van der Waals surface area contributed by atoms with E-state index in [-0.39, 0.29) is 23.8 Å². The summed E-state index contributed by atoms with van der Waals surface area (Å²) < 4.78 is 81.9. The molecule has 2 aliphatic carbocycles. The highest BCUT2D eigenvalue weighted by atomic mass is 35.5. The van der Waals surface area contributed by atoms with Crippen LogP contribution in [0.3, 0.4) is 0 Å². The number of ether oxygens (including phenoxy) is 2. The van der Waals surface area contributed by atoms with Gasteiger partial charge in [0.15, 0.2) is 0 Å². The number of benzene rings is 2. The van der Waals surface area contributed by atoms with Gasteiger partial charge in [0.25, 0.3) is 5.91 Å². The molecule has 7 atom stereocenters. The van der Waals surface area contributed by atoms with Crippen molar-refractivity contribution in [2.75, 3.05) is 38.3 Å². The molecule has 2 N–H and O–H groups in total. The van der Waals surface area contributed by atoms with Crippen molar-refractivity contribution in [3.63, 3.8) is 0 Å². The Labute approximate surface area is 315 Å². The SMILES string of the molecule is CO[C@@]1(CC(=O)NCC(C)C(F)(F)F)/C=C\C[C@H](C)[C@@H](C)S(=O)(=O)NC(=O)c2ccc3c(c2)N(C[C@@H]2CC[C@H]21)C[C@@]1(CCCc2cc(Cl)ccc21)CO3. The van der Waals surface area contributed by atoms with Crippen LogP contribution in [0.1, 0.15) is 80.8 Å². The van der Waals surface area contributed by atoms with Gasteiger partial charge in [-0.1, -0.05) is 43.7 Å². The molecule has 9 nitrogen and oxygen atoms in total. The van der Waals surface area contributed by atoms with Gasteiger partial charge in [0.2, 0.25) is 15.9 Å². The number of fused-ring (bicyclic) bond motifs is 4. The van der Waals surface area contributed by atoms with E-state index < -0.39 is 62.7 Å². The Hall–Kier alpha value is -3.29. The maximum absolute atomic E-state index is 13.6. The van der Waals surface area contributed by atoms with Crippen molar-refractivity contribution in [2.45, 2.75) is 88.2 Å². The quantitative estimate of drug-likeness (QED) is 0.315. The fraction of sp³-hybridized carbons (Fsp3) is 0.590. The van der Waals surface area contributed by atoms with Crippen LogP contribution in [0.15, 0.2) is 48.6 Å². The third-order valence-corrected chi connectivity index (χ3v) is 14.4. The third kappa shape index (κ3) is 8.08. The molecule has 290 valence electrons. The lowest BCUT2D eigenvalue weighted by Crippen LogP contribution is -2.54. The zero-order valence-corrected chi connectivity index (χ0v) is 32.2. The number of alkyl halides is 3. The van der Waals surface area contributed by atoms with Gasteiger partial charge in [-0.25, -0.2) is 13.1 Å². The Morgan fingerprint density at radius 1 is 1.19 bits per heavy atom. The van der Waals surface area contributed by atoms with Crippen LogP contribution in [0, 0.1) is 23.7 Å². The van der Waals surface area contributed by atoms with E-state index in [0.717, 1.165) is 43.7 Å². The Morgan fingerprint density at radius 3 is 2.66 bits per heavy atom. The standard InChI is InChI=1S/C39H49ClF3N3O6S/c1-24-7-5-16-38(51-4,19-35(47)44-20-25(2)39(41,42)43)32-12-9-29(32)21-46-22-37(15-6-8-27-17-30(40)11-13-31(27)37)23-52-34-14-10-28(18-33(34)46)36(48)45-53(49,50)26(24)3/h5,10-11,13-14,16-18,24-26,29,32H,6-9,12,15,19-23H2,1-4H3,(H,44,47)(H,45,48)/b16-5-/t24-,25?,26+,29-,32+,37-,38+/m0/s1. The molecule has 2 heterocycles. The minimum absolute atomic E-state index is 0.000101. The number of allylic oxidation sites excluding steroid dienone is 1. The van der Waals surface area contributed by atoms with Gasteiger partial charge in [-0.05, 0) is 105 Å². The minimum atomic E-state index is -4.45. The van der Waals surface area contributed by atoms with E-state index in [1.165, 1.54) is 7.11 Å². The highest BCUT2D eigenvalue weighted by molar-refractivity contribution is 7.90. The van der Waals surface area contributed by atoms with E-state index in [2.05, 4.69) is 21.0 Å². The van der Waals surface area contributed by atoms with Crippen LogP contribution in [-0.4, -0.2) is 70.6 Å².